The van der Waals surface area contributed by atoms with Gasteiger partial charge in [0.05, 0.1) is 13.0 Å². The number of halogens is 1. The molecule has 4 nitrogen and oxygen atoms in total. The molecule has 0 bridgehead atoms. The molecule has 0 heterocycles. The van der Waals surface area contributed by atoms with Crippen molar-refractivity contribution >= 4 is 5.97 Å². The molecule has 1 atom stereocenters. The first-order valence-electron chi connectivity index (χ1n) is 4.74. The molecule has 1 aromatic carbocycles. The van der Waals surface area contributed by atoms with E-state index in [1.165, 1.54) is 26.2 Å². The molecule has 0 amide bonds. The van der Waals surface area contributed by atoms with Crippen molar-refractivity contribution in [2.75, 3.05) is 7.11 Å². The average molecular weight is 228 g/mol. The van der Waals surface area contributed by atoms with Crippen LogP contribution in [0.2, 0.25) is 0 Å². The van der Waals surface area contributed by atoms with Crippen LogP contribution in [0.3, 0.4) is 0 Å². The van der Waals surface area contributed by atoms with Crippen molar-refractivity contribution in [1.29, 1.82) is 0 Å². The second kappa shape index (κ2) is 4.83. The summed E-state index contributed by atoms with van der Waals surface area (Å²) in [5.74, 6) is -3.15. The molecule has 16 heavy (non-hydrogen) atoms. The van der Waals surface area contributed by atoms with Gasteiger partial charge < -0.3 is 14.9 Å². The van der Waals surface area contributed by atoms with Crippen LogP contribution in [0.4, 0.5) is 4.39 Å². The normalized spacial score (nSPS) is 12.2. The van der Waals surface area contributed by atoms with Crippen molar-refractivity contribution < 1.29 is 24.1 Å². The molecule has 0 fully saturated rings. The predicted molar refractivity (Wildman–Crippen MR) is 55.1 cm³/mol. The highest BCUT2D eigenvalue weighted by molar-refractivity contribution is 5.70. The first-order chi connectivity index (χ1) is 7.47. The molecule has 0 saturated heterocycles. The number of aromatic hydroxyl groups is 1. The van der Waals surface area contributed by atoms with Crippen LogP contribution in [0, 0.1) is 11.7 Å². The van der Waals surface area contributed by atoms with Gasteiger partial charge in [-0.3, -0.25) is 4.79 Å². The van der Waals surface area contributed by atoms with E-state index in [4.69, 9.17) is 5.11 Å². The lowest BCUT2D eigenvalue weighted by Gasteiger charge is -2.10. The zero-order chi connectivity index (χ0) is 12.3. The molecule has 1 rings (SSSR count). The fraction of sp³-hybridized carbons (Fsp3) is 0.364. The molecule has 1 unspecified atom stereocenters. The number of ether oxygens (including phenoxy) is 1. The summed E-state index contributed by atoms with van der Waals surface area (Å²) in [5, 5.41) is 18.2. The van der Waals surface area contributed by atoms with Crippen LogP contribution in [0.1, 0.15) is 12.5 Å². The van der Waals surface area contributed by atoms with Crippen molar-refractivity contribution in [3.05, 3.63) is 23.5 Å². The van der Waals surface area contributed by atoms with Crippen molar-refractivity contribution in [2.24, 2.45) is 5.92 Å². The molecule has 88 valence electrons. The van der Waals surface area contributed by atoms with E-state index in [1.807, 2.05) is 0 Å². The summed E-state index contributed by atoms with van der Waals surface area (Å²) in [6, 6.07) is 2.82. The van der Waals surface area contributed by atoms with Gasteiger partial charge in [0, 0.05) is 0 Å². The topological polar surface area (TPSA) is 66.8 Å². The Morgan fingerprint density at radius 1 is 1.56 bits per heavy atom. The molecule has 0 aromatic heterocycles. The summed E-state index contributed by atoms with van der Waals surface area (Å²) in [6.07, 6.45) is 0.0715. The van der Waals surface area contributed by atoms with E-state index >= 15 is 0 Å². The summed E-state index contributed by atoms with van der Waals surface area (Å²) >= 11 is 0. The average Bonchev–Trinajstić information content (AvgIpc) is 2.25. The Hall–Kier alpha value is -1.78. The number of phenols is 1. The zero-order valence-corrected chi connectivity index (χ0v) is 9.03. The smallest absolute Gasteiger partial charge is 0.306 e. The Balaban J connectivity index is 2.99. The van der Waals surface area contributed by atoms with Crippen LogP contribution < -0.4 is 4.74 Å². The van der Waals surface area contributed by atoms with E-state index in [1.54, 1.807) is 0 Å². The Bertz CT molecular complexity index is 403. The lowest BCUT2D eigenvalue weighted by atomic mass is 10.0. The van der Waals surface area contributed by atoms with Crippen LogP contribution in [-0.4, -0.2) is 23.3 Å². The predicted octanol–water partition coefficient (Wildman–Crippen LogP) is 1.80. The van der Waals surface area contributed by atoms with Crippen LogP contribution in [0.15, 0.2) is 12.1 Å². The third-order valence-corrected chi connectivity index (χ3v) is 2.33. The Kier molecular flexibility index (Phi) is 3.71. The van der Waals surface area contributed by atoms with E-state index in [-0.39, 0.29) is 17.7 Å². The van der Waals surface area contributed by atoms with Gasteiger partial charge in [0.15, 0.2) is 11.5 Å². The van der Waals surface area contributed by atoms with Gasteiger partial charge in [0.1, 0.15) is 0 Å². The van der Waals surface area contributed by atoms with Gasteiger partial charge in [-0.05, 0) is 18.1 Å². The first kappa shape index (κ1) is 12.3. The number of hydrogen-bond acceptors (Lipinski definition) is 3. The van der Waals surface area contributed by atoms with Crippen molar-refractivity contribution in [1.82, 2.24) is 0 Å². The van der Waals surface area contributed by atoms with E-state index in [0.717, 1.165) is 0 Å². The van der Waals surface area contributed by atoms with Gasteiger partial charge in [0.25, 0.3) is 0 Å². The van der Waals surface area contributed by atoms with Gasteiger partial charge >= 0.3 is 5.97 Å². The van der Waals surface area contributed by atoms with Gasteiger partial charge in [0.2, 0.25) is 5.82 Å². The Morgan fingerprint density at radius 2 is 2.19 bits per heavy atom. The number of rotatable bonds is 4. The SMILES string of the molecule is COc1ccc(CC(C)C(=O)O)c(O)c1F. The largest absolute Gasteiger partial charge is 0.505 e. The highest BCUT2D eigenvalue weighted by Crippen LogP contribution is 2.30. The molecule has 0 spiro atoms. The minimum Gasteiger partial charge on any atom is -0.505 e. The lowest BCUT2D eigenvalue weighted by molar-refractivity contribution is -0.141. The fourth-order valence-corrected chi connectivity index (χ4v) is 1.33. The molecule has 0 saturated carbocycles. The maximum Gasteiger partial charge on any atom is 0.306 e. The molecule has 5 heteroatoms. The number of carboxylic acid groups (broad SMARTS) is 1. The van der Waals surface area contributed by atoms with Gasteiger partial charge in [-0.1, -0.05) is 13.0 Å². The first-order valence-corrected chi connectivity index (χ1v) is 4.74. The summed E-state index contributed by atoms with van der Waals surface area (Å²) in [5.41, 5.74) is 0.258. The van der Waals surface area contributed by atoms with Crippen LogP contribution in [0.25, 0.3) is 0 Å². The number of aliphatic carboxylic acids is 1. The summed E-state index contributed by atoms with van der Waals surface area (Å²) in [7, 11) is 1.29. The van der Waals surface area contributed by atoms with E-state index in [0.29, 0.717) is 0 Å². The van der Waals surface area contributed by atoms with E-state index in [9.17, 15) is 14.3 Å². The van der Waals surface area contributed by atoms with Gasteiger partial charge in [-0.2, -0.15) is 4.39 Å². The highest BCUT2D eigenvalue weighted by atomic mass is 19.1. The van der Waals surface area contributed by atoms with Crippen LogP contribution in [-0.2, 0) is 11.2 Å². The minimum absolute atomic E-state index is 0.0655. The second-order valence-electron chi connectivity index (χ2n) is 3.53. The zero-order valence-electron chi connectivity index (χ0n) is 9.03. The molecule has 0 aliphatic heterocycles. The third kappa shape index (κ3) is 2.42. The number of carboxylic acids is 1. The maximum absolute atomic E-state index is 13.4. The Labute approximate surface area is 92.3 Å². The van der Waals surface area contributed by atoms with E-state index in [2.05, 4.69) is 4.74 Å². The number of methoxy groups -OCH3 is 1. The second-order valence-corrected chi connectivity index (χ2v) is 3.53. The number of hydrogen-bond donors (Lipinski definition) is 2. The molecular weight excluding hydrogens is 215 g/mol. The quantitative estimate of drug-likeness (QED) is 0.824. The van der Waals surface area contributed by atoms with Crippen molar-refractivity contribution in [3.63, 3.8) is 0 Å². The van der Waals surface area contributed by atoms with Gasteiger partial charge in [-0.25, -0.2) is 0 Å². The number of carbonyl (C=O) groups is 1. The Morgan fingerprint density at radius 3 is 2.69 bits per heavy atom. The minimum atomic E-state index is -0.990. The molecule has 1 aromatic rings. The van der Waals surface area contributed by atoms with Crippen molar-refractivity contribution in [2.45, 2.75) is 13.3 Å². The number of phenolic OH excluding ortho intramolecular Hbond substituents is 1. The van der Waals surface area contributed by atoms with E-state index < -0.39 is 23.5 Å². The molecule has 0 aliphatic carbocycles. The maximum atomic E-state index is 13.4. The standard InChI is InChI=1S/C11H13FO4/c1-6(11(14)15)5-7-3-4-8(16-2)9(12)10(7)13/h3-4,6,13H,5H2,1-2H3,(H,14,15). The molecule has 0 radical (unpaired) electrons. The monoisotopic (exact) mass is 228 g/mol. The number of benzene rings is 1. The summed E-state index contributed by atoms with van der Waals surface area (Å²) in [6.45, 7) is 1.49. The van der Waals surface area contributed by atoms with Crippen molar-refractivity contribution in [3.8, 4) is 11.5 Å². The molecular formula is C11H13FO4. The lowest BCUT2D eigenvalue weighted by Crippen LogP contribution is -2.12. The highest BCUT2D eigenvalue weighted by Gasteiger charge is 2.18. The molecule has 0 aliphatic rings. The summed E-state index contributed by atoms with van der Waals surface area (Å²) in [4.78, 5) is 10.6. The summed E-state index contributed by atoms with van der Waals surface area (Å²) < 4.78 is 18.1. The fourth-order valence-electron chi connectivity index (χ4n) is 1.33. The molecule has 2 N–H and O–H groups in total. The third-order valence-electron chi connectivity index (χ3n) is 2.33. The van der Waals surface area contributed by atoms with Crippen LogP contribution >= 0.6 is 0 Å². The van der Waals surface area contributed by atoms with Gasteiger partial charge in [-0.15, -0.1) is 0 Å². The van der Waals surface area contributed by atoms with Crippen LogP contribution in [0.5, 0.6) is 11.5 Å².